The second-order valence-electron chi connectivity index (χ2n) is 3.33. The number of ether oxygens (including phenoxy) is 1. The minimum Gasteiger partial charge on any atom is -0.389 e. The van der Waals surface area contributed by atoms with Gasteiger partial charge in [-0.25, -0.2) is 0 Å². The Morgan fingerprint density at radius 2 is 2.31 bits per heavy atom. The first-order valence-corrected chi connectivity index (χ1v) is 5.76. The van der Waals surface area contributed by atoms with E-state index in [0.29, 0.717) is 15.6 Å². The molecule has 1 rings (SSSR count). The molecule has 0 aliphatic heterocycles. The van der Waals surface area contributed by atoms with Crippen molar-refractivity contribution < 1.29 is 4.74 Å². The molecular weight excluding hydrogens is 244 g/mol. The van der Waals surface area contributed by atoms with E-state index in [1.165, 1.54) is 0 Å². The predicted molar refractivity (Wildman–Crippen MR) is 72.3 cm³/mol. The Labute approximate surface area is 106 Å². The maximum Gasteiger partial charge on any atom is 0.105 e. The van der Waals surface area contributed by atoms with Crippen LogP contribution in [0.4, 0.5) is 5.69 Å². The molecule has 0 aliphatic rings. The van der Waals surface area contributed by atoms with Gasteiger partial charge in [-0.3, -0.25) is 0 Å². The molecule has 0 saturated carbocycles. The highest BCUT2D eigenvalue weighted by Gasteiger charge is 2.03. The molecule has 0 heterocycles. The standard InChI is InChI=1S/C11H15ClN2OS/c1-15-6-2-5-14-8-3-4-9(11(13)16)10(12)7-8/h3-4,7,14H,2,5-6H2,1H3,(H2,13,16). The van der Waals surface area contributed by atoms with Gasteiger partial charge in [0.15, 0.2) is 0 Å². The highest BCUT2D eigenvalue weighted by molar-refractivity contribution is 7.80. The van der Waals surface area contributed by atoms with Crippen molar-refractivity contribution in [1.29, 1.82) is 0 Å². The molecule has 0 aromatic heterocycles. The number of hydrogen-bond donors (Lipinski definition) is 2. The molecule has 0 amide bonds. The van der Waals surface area contributed by atoms with E-state index < -0.39 is 0 Å². The van der Waals surface area contributed by atoms with E-state index in [9.17, 15) is 0 Å². The van der Waals surface area contributed by atoms with Gasteiger partial charge in [-0.2, -0.15) is 0 Å². The van der Waals surface area contributed by atoms with Crippen molar-refractivity contribution in [2.75, 3.05) is 25.6 Å². The summed E-state index contributed by atoms with van der Waals surface area (Å²) in [7, 11) is 1.69. The van der Waals surface area contributed by atoms with E-state index >= 15 is 0 Å². The molecule has 0 saturated heterocycles. The largest absolute Gasteiger partial charge is 0.389 e. The number of hydrogen-bond acceptors (Lipinski definition) is 3. The molecule has 3 N–H and O–H groups in total. The molecule has 0 fully saturated rings. The Hall–Kier alpha value is -0.840. The Bertz CT molecular complexity index is 371. The number of methoxy groups -OCH3 is 1. The van der Waals surface area contributed by atoms with Crippen LogP contribution >= 0.6 is 23.8 Å². The first kappa shape index (κ1) is 13.2. The lowest BCUT2D eigenvalue weighted by molar-refractivity contribution is 0.198. The predicted octanol–water partition coefficient (Wildman–Crippen LogP) is 2.42. The van der Waals surface area contributed by atoms with Crippen LogP contribution in [-0.2, 0) is 4.74 Å². The van der Waals surface area contributed by atoms with Crippen molar-refractivity contribution in [3.05, 3.63) is 28.8 Å². The van der Waals surface area contributed by atoms with Gasteiger partial charge in [-0.05, 0) is 24.6 Å². The van der Waals surface area contributed by atoms with Crippen LogP contribution in [0.3, 0.4) is 0 Å². The Balaban J connectivity index is 2.56. The lowest BCUT2D eigenvalue weighted by Gasteiger charge is -2.08. The van der Waals surface area contributed by atoms with Gasteiger partial charge in [-0.15, -0.1) is 0 Å². The van der Waals surface area contributed by atoms with E-state index in [-0.39, 0.29) is 0 Å². The van der Waals surface area contributed by atoms with Crippen molar-refractivity contribution in [3.63, 3.8) is 0 Å². The lowest BCUT2D eigenvalue weighted by atomic mass is 10.2. The molecule has 5 heteroatoms. The topological polar surface area (TPSA) is 47.3 Å². The summed E-state index contributed by atoms with van der Waals surface area (Å²) in [6.45, 7) is 1.59. The first-order chi connectivity index (χ1) is 7.65. The smallest absolute Gasteiger partial charge is 0.105 e. The van der Waals surface area contributed by atoms with Gasteiger partial charge in [-0.1, -0.05) is 23.8 Å². The third-order valence-corrected chi connectivity index (χ3v) is 2.62. The zero-order chi connectivity index (χ0) is 12.0. The molecular formula is C11H15ClN2OS. The fourth-order valence-electron chi connectivity index (χ4n) is 1.27. The van der Waals surface area contributed by atoms with Crippen LogP contribution in [-0.4, -0.2) is 25.2 Å². The Morgan fingerprint density at radius 1 is 1.56 bits per heavy atom. The van der Waals surface area contributed by atoms with Gasteiger partial charge in [0.25, 0.3) is 0 Å². The van der Waals surface area contributed by atoms with Gasteiger partial charge in [0.1, 0.15) is 4.99 Å². The average Bonchev–Trinajstić information content (AvgIpc) is 2.24. The van der Waals surface area contributed by atoms with Gasteiger partial charge >= 0.3 is 0 Å². The van der Waals surface area contributed by atoms with Crippen molar-refractivity contribution in [2.45, 2.75) is 6.42 Å². The second-order valence-corrected chi connectivity index (χ2v) is 4.18. The van der Waals surface area contributed by atoms with Crippen molar-refractivity contribution in [2.24, 2.45) is 5.73 Å². The second kappa shape index (κ2) is 6.68. The van der Waals surface area contributed by atoms with Crippen molar-refractivity contribution in [3.8, 4) is 0 Å². The van der Waals surface area contributed by atoms with Crippen LogP contribution in [0.5, 0.6) is 0 Å². The zero-order valence-electron chi connectivity index (χ0n) is 9.13. The molecule has 1 aromatic carbocycles. The molecule has 3 nitrogen and oxygen atoms in total. The van der Waals surface area contributed by atoms with Crippen LogP contribution in [0.1, 0.15) is 12.0 Å². The zero-order valence-corrected chi connectivity index (χ0v) is 10.7. The average molecular weight is 259 g/mol. The molecule has 88 valence electrons. The normalized spacial score (nSPS) is 10.1. The number of benzene rings is 1. The van der Waals surface area contributed by atoms with Crippen LogP contribution in [0.15, 0.2) is 18.2 Å². The van der Waals surface area contributed by atoms with Crippen LogP contribution < -0.4 is 11.1 Å². The number of halogens is 1. The molecule has 0 unspecified atom stereocenters. The van der Waals surface area contributed by atoms with Gasteiger partial charge in [0.05, 0.1) is 5.02 Å². The Morgan fingerprint density at radius 3 is 2.88 bits per heavy atom. The minimum absolute atomic E-state index is 0.316. The van der Waals surface area contributed by atoms with E-state index in [2.05, 4.69) is 5.32 Å². The summed E-state index contributed by atoms with van der Waals surface area (Å²) in [5.41, 5.74) is 7.18. The number of nitrogens with two attached hydrogens (primary N) is 1. The van der Waals surface area contributed by atoms with Crippen LogP contribution in [0, 0.1) is 0 Å². The molecule has 0 spiro atoms. The molecule has 0 radical (unpaired) electrons. The van der Waals surface area contributed by atoms with E-state index in [1.54, 1.807) is 7.11 Å². The monoisotopic (exact) mass is 258 g/mol. The van der Waals surface area contributed by atoms with Crippen LogP contribution in [0.2, 0.25) is 5.02 Å². The van der Waals surface area contributed by atoms with Crippen LogP contribution in [0.25, 0.3) is 0 Å². The maximum atomic E-state index is 6.03. The number of rotatable bonds is 6. The SMILES string of the molecule is COCCCNc1ccc(C(N)=S)c(Cl)c1. The maximum absolute atomic E-state index is 6.03. The third-order valence-electron chi connectivity index (χ3n) is 2.09. The number of thiocarbonyl (C=S) groups is 1. The van der Waals surface area contributed by atoms with Gasteiger partial charge in [0, 0.05) is 31.5 Å². The summed E-state index contributed by atoms with van der Waals surface area (Å²) >= 11 is 10.9. The molecule has 0 atom stereocenters. The van der Waals surface area contributed by atoms with E-state index in [1.807, 2.05) is 18.2 Å². The number of anilines is 1. The molecule has 16 heavy (non-hydrogen) atoms. The van der Waals surface area contributed by atoms with Crippen molar-refractivity contribution >= 4 is 34.5 Å². The van der Waals surface area contributed by atoms with Gasteiger partial charge in [0.2, 0.25) is 0 Å². The Kier molecular flexibility index (Phi) is 5.52. The molecule has 1 aromatic rings. The highest BCUT2D eigenvalue weighted by Crippen LogP contribution is 2.20. The molecule has 0 bridgehead atoms. The third kappa shape index (κ3) is 3.96. The van der Waals surface area contributed by atoms with Crippen molar-refractivity contribution in [1.82, 2.24) is 0 Å². The molecule has 0 aliphatic carbocycles. The fraction of sp³-hybridized carbons (Fsp3) is 0.364. The lowest BCUT2D eigenvalue weighted by Crippen LogP contribution is -2.10. The summed E-state index contributed by atoms with van der Waals surface area (Å²) in [4.78, 5) is 0.316. The summed E-state index contributed by atoms with van der Waals surface area (Å²) in [6.07, 6.45) is 0.950. The fourth-order valence-corrected chi connectivity index (χ4v) is 1.79. The highest BCUT2D eigenvalue weighted by atomic mass is 35.5. The summed E-state index contributed by atoms with van der Waals surface area (Å²) in [5.74, 6) is 0. The number of nitrogens with one attached hydrogen (secondary N) is 1. The summed E-state index contributed by atoms with van der Waals surface area (Å²) < 4.78 is 4.95. The quantitative estimate of drug-likeness (QED) is 0.608. The van der Waals surface area contributed by atoms with E-state index in [0.717, 1.165) is 25.3 Å². The van der Waals surface area contributed by atoms with Gasteiger partial charge < -0.3 is 15.8 Å². The van der Waals surface area contributed by atoms with E-state index in [4.69, 9.17) is 34.3 Å². The summed E-state index contributed by atoms with van der Waals surface area (Å²) in [5, 5.41) is 3.81. The minimum atomic E-state index is 0.316. The summed E-state index contributed by atoms with van der Waals surface area (Å²) in [6, 6.07) is 5.55. The first-order valence-electron chi connectivity index (χ1n) is 4.97.